The van der Waals surface area contributed by atoms with Crippen LogP contribution in [0.5, 0.6) is 0 Å². The minimum absolute atomic E-state index is 0.0108. The van der Waals surface area contributed by atoms with Gasteiger partial charge in [-0.25, -0.2) is 13.2 Å². The molecule has 106 valence electrons. The maximum atomic E-state index is 12.3. The van der Waals surface area contributed by atoms with Crippen molar-refractivity contribution in [2.75, 3.05) is 13.7 Å². The monoisotopic (exact) mass is 350 g/mol. The van der Waals surface area contributed by atoms with E-state index in [0.29, 0.717) is 17.5 Å². The lowest BCUT2D eigenvalue weighted by atomic mass is 10.2. The Labute approximate surface area is 120 Å². The van der Waals surface area contributed by atoms with E-state index in [4.69, 9.17) is 9.84 Å². The van der Waals surface area contributed by atoms with Crippen molar-refractivity contribution in [2.45, 2.75) is 23.5 Å². The van der Waals surface area contributed by atoms with E-state index >= 15 is 0 Å². The first-order valence-electron chi connectivity index (χ1n) is 5.56. The van der Waals surface area contributed by atoms with Crippen LogP contribution in [0.4, 0.5) is 0 Å². The lowest BCUT2D eigenvalue weighted by molar-refractivity contribution is 0.0695. The molecule has 0 spiro atoms. The highest BCUT2D eigenvalue weighted by atomic mass is 79.9. The SMILES string of the molecule is COCCC(C)S(=O)(=O)c1ccc(Br)c(C(=O)O)c1. The topological polar surface area (TPSA) is 80.7 Å². The standard InChI is InChI=1S/C12H15BrO5S/c1-8(5-6-18-2)19(16,17)9-3-4-11(13)10(7-9)12(14)15/h3-4,7-8H,5-6H2,1-2H3,(H,14,15). The van der Waals surface area contributed by atoms with Gasteiger partial charge in [-0.2, -0.15) is 0 Å². The molecule has 1 unspecified atom stereocenters. The van der Waals surface area contributed by atoms with Gasteiger partial charge in [-0.15, -0.1) is 0 Å². The maximum absolute atomic E-state index is 12.3. The summed E-state index contributed by atoms with van der Waals surface area (Å²) in [6.07, 6.45) is 0.358. The molecule has 7 heteroatoms. The lowest BCUT2D eigenvalue weighted by Crippen LogP contribution is -2.20. The van der Waals surface area contributed by atoms with E-state index in [0.717, 1.165) is 0 Å². The normalized spacial score (nSPS) is 13.2. The van der Waals surface area contributed by atoms with Gasteiger partial charge in [0.05, 0.1) is 15.7 Å². The smallest absolute Gasteiger partial charge is 0.336 e. The molecule has 1 atom stereocenters. The fraction of sp³-hybridized carbons (Fsp3) is 0.417. The van der Waals surface area contributed by atoms with E-state index in [1.807, 2.05) is 0 Å². The number of benzene rings is 1. The van der Waals surface area contributed by atoms with Crippen molar-refractivity contribution in [2.24, 2.45) is 0 Å². The molecule has 0 radical (unpaired) electrons. The molecule has 1 N–H and O–H groups in total. The second-order valence-electron chi connectivity index (χ2n) is 4.08. The molecule has 0 fully saturated rings. The summed E-state index contributed by atoms with van der Waals surface area (Å²) in [5.41, 5.74) is -0.0694. The van der Waals surface area contributed by atoms with Crippen LogP contribution in [-0.4, -0.2) is 38.5 Å². The van der Waals surface area contributed by atoms with Crippen LogP contribution in [0, 0.1) is 0 Å². The van der Waals surface area contributed by atoms with Crippen LogP contribution in [-0.2, 0) is 14.6 Å². The van der Waals surface area contributed by atoms with Gasteiger partial charge in [0.1, 0.15) is 0 Å². The molecule has 0 saturated carbocycles. The van der Waals surface area contributed by atoms with E-state index in [2.05, 4.69) is 15.9 Å². The average Bonchev–Trinajstić information content (AvgIpc) is 2.35. The van der Waals surface area contributed by atoms with Crippen LogP contribution in [0.1, 0.15) is 23.7 Å². The number of sulfone groups is 1. The van der Waals surface area contributed by atoms with Gasteiger partial charge in [0.25, 0.3) is 0 Å². The van der Waals surface area contributed by atoms with Gasteiger partial charge < -0.3 is 9.84 Å². The first-order valence-corrected chi connectivity index (χ1v) is 7.90. The first-order chi connectivity index (χ1) is 8.80. The van der Waals surface area contributed by atoms with E-state index in [1.54, 1.807) is 6.92 Å². The summed E-state index contributed by atoms with van der Waals surface area (Å²) in [5, 5.41) is 8.36. The molecule has 0 amide bonds. The fourth-order valence-corrected chi connectivity index (χ4v) is 3.34. The summed E-state index contributed by atoms with van der Waals surface area (Å²) in [4.78, 5) is 11.0. The summed E-state index contributed by atoms with van der Waals surface area (Å²) < 4.78 is 29.7. The van der Waals surface area contributed by atoms with Gasteiger partial charge >= 0.3 is 5.97 Å². The summed E-state index contributed by atoms with van der Waals surface area (Å²) >= 11 is 3.08. The molecule has 0 aromatic heterocycles. The van der Waals surface area contributed by atoms with Gasteiger partial charge in [0.15, 0.2) is 9.84 Å². The van der Waals surface area contributed by atoms with Crippen LogP contribution < -0.4 is 0 Å². The highest BCUT2D eigenvalue weighted by Crippen LogP contribution is 2.24. The third kappa shape index (κ3) is 3.77. The molecule has 0 saturated heterocycles. The maximum Gasteiger partial charge on any atom is 0.336 e. The largest absolute Gasteiger partial charge is 0.478 e. The summed E-state index contributed by atoms with van der Waals surface area (Å²) in [6.45, 7) is 1.92. The second-order valence-corrected chi connectivity index (χ2v) is 7.30. The Bertz CT molecular complexity index is 567. The number of aromatic carboxylic acids is 1. The molecule has 0 aliphatic carbocycles. The third-order valence-electron chi connectivity index (χ3n) is 2.75. The number of hydrogen-bond acceptors (Lipinski definition) is 4. The highest BCUT2D eigenvalue weighted by molar-refractivity contribution is 9.10. The van der Waals surface area contributed by atoms with Crippen molar-refractivity contribution in [1.82, 2.24) is 0 Å². The van der Waals surface area contributed by atoms with Gasteiger partial charge in [-0.05, 0) is 47.5 Å². The molecular formula is C12H15BrO5S. The molecule has 0 aliphatic heterocycles. The minimum Gasteiger partial charge on any atom is -0.478 e. The minimum atomic E-state index is -3.55. The molecular weight excluding hydrogens is 336 g/mol. The number of rotatable bonds is 6. The van der Waals surface area contributed by atoms with Crippen molar-refractivity contribution < 1.29 is 23.1 Å². The Morgan fingerprint density at radius 2 is 2.11 bits per heavy atom. The Hall–Kier alpha value is -0.920. The zero-order valence-electron chi connectivity index (χ0n) is 10.6. The van der Waals surface area contributed by atoms with E-state index in [1.165, 1.54) is 25.3 Å². The predicted octanol–water partition coefficient (Wildman–Crippen LogP) is 2.35. The van der Waals surface area contributed by atoms with Gasteiger partial charge in [0.2, 0.25) is 0 Å². The number of hydrogen-bond donors (Lipinski definition) is 1. The number of carbonyl (C=O) groups is 1. The number of carboxylic acids is 1. The van der Waals surface area contributed by atoms with Crippen LogP contribution in [0.25, 0.3) is 0 Å². The molecule has 1 rings (SSSR count). The van der Waals surface area contributed by atoms with E-state index in [9.17, 15) is 13.2 Å². The van der Waals surface area contributed by atoms with Crippen LogP contribution in [0.3, 0.4) is 0 Å². The van der Waals surface area contributed by atoms with Crippen LogP contribution in [0.2, 0.25) is 0 Å². The molecule has 5 nitrogen and oxygen atoms in total. The highest BCUT2D eigenvalue weighted by Gasteiger charge is 2.24. The average molecular weight is 351 g/mol. The van der Waals surface area contributed by atoms with E-state index < -0.39 is 21.1 Å². The zero-order chi connectivity index (χ0) is 14.6. The number of carboxylic acid groups (broad SMARTS) is 1. The third-order valence-corrected chi connectivity index (χ3v) is 5.65. The Morgan fingerprint density at radius 3 is 2.63 bits per heavy atom. The van der Waals surface area contributed by atoms with Gasteiger partial charge in [-0.3, -0.25) is 0 Å². The summed E-state index contributed by atoms with van der Waals surface area (Å²) in [7, 11) is -2.05. The summed E-state index contributed by atoms with van der Waals surface area (Å²) in [6, 6.07) is 4.00. The summed E-state index contributed by atoms with van der Waals surface area (Å²) in [5.74, 6) is -1.17. The van der Waals surface area contributed by atoms with Crippen molar-refractivity contribution >= 4 is 31.7 Å². The van der Waals surface area contributed by atoms with Gasteiger partial charge in [0, 0.05) is 18.2 Å². The molecule has 0 heterocycles. The molecule has 0 bridgehead atoms. The lowest BCUT2D eigenvalue weighted by Gasteiger charge is -2.13. The number of ether oxygens (including phenoxy) is 1. The second kappa shape index (κ2) is 6.49. The fourth-order valence-electron chi connectivity index (χ4n) is 1.52. The zero-order valence-corrected chi connectivity index (χ0v) is 13.0. The molecule has 1 aromatic carbocycles. The number of methoxy groups -OCH3 is 1. The van der Waals surface area contributed by atoms with Crippen LogP contribution >= 0.6 is 15.9 Å². The van der Waals surface area contributed by atoms with Crippen molar-refractivity contribution in [3.63, 3.8) is 0 Å². The molecule has 1 aromatic rings. The number of halogens is 1. The van der Waals surface area contributed by atoms with Crippen molar-refractivity contribution in [1.29, 1.82) is 0 Å². The van der Waals surface area contributed by atoms with Crippen molar-refractivity contribution in [3.05, 3.63) is 28.2 Å². The predicted molar refractivity (Wildman–Crippen MR) is 74.2 cm³/mol. The first kappa shape index (κ1) is 16.1. The van der Waals surface area contributed by atoms with E-state index in [-0.39, 0.29) is 10.5 Å². The van der Waals surface area contributed by atoms with Crippen LogP contribution in [0.15, 0.2) is 27.6 Å². The Morgan fingerprint density at radius 1 is 1.47 bits per heavy atom. The Balaban J connectivity index is 3.15. The molecule has 19 heavy (non-hydrogen) atoms. The molecule has 0 aliphatic rings. The van der Waals surface area contributed by atoms with Crippen molar-refractivity contribution in [3.8, 4) is 0 Å². The quantitative estimate of drug-likeness (QED) is 0.851. The van der Waals surface area contributed by atoms with Gasteiger partial charge in [-0.1, -0.05) is 0 Å². The Kier molecular flexibility index (Phi) is 5.51.